The SMILES string of the molecule is Cc1cc(N2C(=S)NC(c3ccccn3)C2c2ccn(C)c2)ccc1NS(C)(=O)=O. The summed E-state index contributed by atoms with van der Waals surface area (Å²) in [4.78, 5) is 6.62. The molecule has 2 N–H and O–H groups in total. The maximum Gasteiger partial charge on any atom is 0.229 e. The molecule has 1 saturated heterocycles. The fraction of sp³-hybridized carbons (Fsp3) is 0.238. The Morgan fingerprint density at radius 2 is 2.00 bits per heavy atom. The van der Waals surface area contributed by atoms with Crippen LogP contribution in [0.2, 0.25) is 0 Å². The fourth-order valence-corrected chi connectivity index (χ4v) is 4.76. The van der Waals surface area contributed by atoms with E-state index in [0.29, 0.717) is 10.8 Å². The topological polar surface area (TPSA) is 79.3 Å². The van der Waals surface area contributed by atoms with E-state index in [1.165, 1.54) is 0 Å². The van der Waals surface area contributed by atoms with Gasteiger partial charge in [-0.1, -0.05) is 6.07 Å². The molecule has 7 nitrogen and oxygen atoms in total. The molecule has 0 bridgehead atoms. The van der Waals surface area contributed by atoms with Crippen molar-refractivity contribution in [2.45, 2.75) is 19.0 Å². The van der Waals surface area contributed by atoms with Crippen LogP contribution in [0.5, 0.6) is 0 Å². The van der Waals surface area contributed by atoms with Gasteiger partial charge in [-0.05, 0) is 66.7 Å². The summed E-state index contributed by atoms with van der Waals surface area (Å²) in [6.45, 7) is 1.87. The minimum Gasteiger partial charge on any atom is -0.357 e. The van der Waals surface area contributed by atoms with E-state index in [-0.39, 0.29) is 12.1 Å². The van der Waals surface area contributed by atoms with Crippen molar-refractivity contribution in [3.63, 3.8) is 0 Å². The highest BCUT2D eigenvalue weighted by atomic mass is 32.2. The number of hydrogen-bond acceptors (Lipinski definition) is 4. The molecule has 2 unspecified atom stereocenters. The smallest absolute Gasteiger partial charge is 0.229 e. The fourth-order valence-electron chi connectivity index (χ4n) is 3.78. The number of nitrogens with zero attached hydrogens (tertiary/aromatic N) is 3. The van der Waals surface area contributed by atoms with Crippen molar-refractivity contribution in [3.8, 4) is 0 Å². The Morgan fingerprint density at radius 3 is 2.60 bits per heavy atom. The van der Waals surface area contributed by atoms with Crippen LogP contribution in [-0.4, -0.2) is 29.3 Å². The van der Waals surface area contributed by atoms with Gasteiger partial charge in [0.1, 0.15) is 0 Å². The van der Waals surface area contributed by atoms with Crippen LogP contribution in [0.15, 0.2) is 61.1 Å². The molecule has 156 valence electrons. The average molecular weight is 442 g/mol. The Kier molecular flexibility index (Phi) is 5.25. The highest BCUT2D eigenvalue weighted by Gasteiger charge is 2.41. The molecule has 1 aliphatic heterocycles. The van der Waals surface area contributed by atoms with Gasteiger partial charge in [-0.25, -0.2) is 8.42 Å². The number of hydrogen-bond donors (Lipinski definition) is 2. The van der Waals surface area contributed by atoms with Crippen LogP contribution in [0.1, 0.15) is 28.9 Å². The summed E-state index contributed by atoms with van der Waals surface area (Å²) < 4.78 is 27.8. The van der Waals surface area contributed by atoms with Crippen LogP contribution in [0.3, 0.4) is 0 Å². The predicted molar refractivity (Wildman–Crippen MR) is 123 cm³/mol. The van der Waals surface area contributed by atoms with E-state index in [4.69, 9.17) is 12.2 Å². The maximum absolute atomic E-state index is 11.6. The molecule has 2 atom stereocenters. The molecule has 1 fully saturated rings. The standard InChI is InChI=1S/C21H23N5O2S2/c1-14-12-16(7-8-17(14)24-30(3,27)28)26-20(15-9-11-25(2)13-15)19(23-21(26)29)18-6-4-5-10-22-18/h4-13,19-20,24H,1-3H3,(H,23,29). The van der Waals surface area contributed by atoms with Gasteiger partial charge in [0.25, 0.3) is 0 Å². The van der Waals surface area contributed by atoms with Gasteiger partial charge in [0.2, 0.25) is 10.0 Å². The van der Waals surface area contributed by atoms with Gasteiger partial charge in [0.15, 0.2) is 5.11 Å². The molecule has 30 heavy (non-hydrogen) atoms. The third-order valence-corrected chi connectivity index (χ3v) is 5.98. The summed E-state index contributed by atoms with van der Waals surface area (Å²) in [5.74, 6) is 0. The molecular formula is C21H23N5O2S2. The quantitative estimate of drug-likeness (QED) is 0.592. The second-order valence-corrected chi connectivity index (χ2v) is 9.62. The van der Waals surface area contributed by atoms with E-state index in [9.17, 15) is 8.42 Å². The summed E-state index contributed by atoms with van der Waals surface area (Å²) in [5, 5.41) is 4.02. The summed E-state index contributed by atoms with van der Waals surface area (Å²) in [7, 11) is -1.36. The highest BCUT2D eigenvalue weighted by Crippen LogP contribution is 2.42. The molecule has 0 aliphatic carbocycles. The predicted octanol–water partition coefficient (Wildman–Crippen LogP) is 3.28. The van der Waals surface area contributed by atoms with E-state index in [0.717, 1.165) is 28.8 Å². The number of sulfonamides is 1. The van der Waals surface area contributed by atoms with Crippen molar-refractivity contribution in [3.05, 3.63) is 77.9 Å². The average Bonchev–Trinajstić information content (AvgIpc) is 3.26. The molecule has 3 aromatic rings. The molecular weight excluding hydrogens is 418 g/mol. The van der Waals surface area contributed by atoms with Gasteiger partial charge in [0.05, 0.1) is 29.7 Å². The minimum absolute atomic E-state index is 0.0956. The molecule has 1 aliphatic rings. The van der Waals surface area contributed by atoms with E-state index in [1.54, 1.807) is 12.3 Å². The normalized spacial score (nSPS) is 19.0. The molecule has 3 heterocycles. The van der Waals surface area contributed by atoms with Crippen molar-refractivity contribution < 1.29 is 8.42 Å². The van der Waals surface area contributed by atoms with E-state index in [2.05, 4.69) is 32.2 Å². The molecule has 4 rings (SSSR count). The van der Waals surface area contributed by atoms with Crippen molar-refractivity contribution in [2.75, 3.05) is 15.9 Å². The number of nitrogens with one attached hydrogen (secondary N) is 2. The minimum atomic E-state index is -3.35. The number of benzene rings is 1. The largest absolute Gasteiger partial charge is 0.357 e. The van der Waals surface area contributed by atoms with Crippen LogP contribution in [0.25, 0.3) is 0 Å². The lowest BCUT2D eigenvalue weighted by Gasteiger charge is -2.28. The lowest BCUT2D eigenvalue weighted by atomic mass is 9.98. The van der Waals surface area contributed by atoms with Crippen molar-refractivity contribution in [2.24, 2.45) is 7.05 Å². The molecule has 2 aromatic heterocycles. The first kappa shape index (κ1) is 20.4. The van der Waals surface area contributed by atoms with Crippen molar-refractivity contribution in [1.29, 1.82) is 0 Å². The van der Waals surface area contributed by atoms with Gasteiger partial charge in [-0.3, -0.25) is 9.71 Å². The number of rotatable bonds is 5. The van der Waals surface area contributed by atoms with Gasteiger partial charge in [-0.15, -0.1) is 0 Å². The van der Waals surface area contributed by atoms with Crippen LogP contribution >= 0.6 is 12.2 Å². The van der Waals surface area contributed by atoms with E-state index < -0.39 is 10.0 Å². The lowest BCUT2D eigenvalue weighted by Crippen LogP contribution is -2.29. The number of aromatic nitrogens is 2. The second-order valence-electron chi connectivity index (χ2n) is 7.48. The molecule has 0 radical (unpaired) electrons. The van der Waals surface area contributed by atoms with Gasteiger partial charge in [-0.2, -0.15) is 0 Å². The summed E-state index contributed by atoms with van der Waals surface area (Å²) in [6, 6.07) is 13.3. The first-order valence-electron chi connectivity index (χ1n) is 9.44. The van der Waals surface area contributed by atoms with Crippen LogP contribution in [0.4, 0.5) is 11.4 Å². The van der Waals surface area contributed by atoms with E-state index >= 15 is 0 Å². The highest BCUT2D eigenvalue weighted by molar-refractivity contribution is 7.92. The second kappa shape index (κ2) is 7.73. The number of anilines is 2. The van der Waals surface area contributed by atoms with Gasteiger partial charge < -0.3 is 14.8 Å². The van der Waals surface area contributed by atoms with Crippen molar-refractivity contribution in [1.82, 2.24) is 14.9 Å². The zero-order valence-corrected chi connectivity index (χ0v) is 18.5. The van der Waals surface area contributed by atoms with Crippen LogP contribution in [0, 0.1) is 6.92 Å². The first-order valence-corrected chi connectivity index (χ1v) is 11.7. The monoisotopic (exact) mass is 441 g/mol. The molecule has 9 heteroatoms. The first-order chi connectivity index (χ1) is 14.2. The lowest BCUT2D eigenvalue weighted by molar-refractivity contribution is 0.567. The van der Waals surface area contributed by atoms with Crippen LogP contribution < -0.4 is 14.9 Å². The summed E-state index contributed by atoms with van der Waals surface area (Å²) in [6.07, 6.45) is 7.01. The number of aryl methyl sites for hydroxylation is 2. The Bertz CT molecular complexity index is 1190. The summed E-state index contributed by atoms with van der Waals surface area (Å²) >= 11 is 5.72. The zero-order chi connectivity index (χ0) is 21.5. The van der Waals surface area contributed by atoms with Crippen LogP contribution in [-0.2, 0) is 17.1 Å². The number of pyridine rings is 1. The van der Waals surface area contributed by atoms with Gasteiger partial charge >= 0.3 is 0 Å². The third-order valence-electron chi connectivity index (χ3n) is 5.08. The third kappa shape index (κ3) is 4.03. The Morgan fingerprint density at radius 1 is 1.20 bits per heavy atom. The Balaban J connectivity index is 1.77. The van der Waals surface area contributed by atoms with E-state index in [1.807, 2.05) is 55.1 Å². The Labute approximate surface area is 181 Å². The molecule has 0 saturated carbocycles. The van der Waals surface area contributed by atoms with Gasteiger partial charge in [0, 0.05) is 31.3 Å². The Hall–Kier alpha value is -2.91. The molecule has 0 amide bonds. The van der Waals surface area contributed by atoms with Crippen molar-refractivity contribution >= 4 is 38.7 Å². The molecule has 0 spiro atoms. The number of thiocarbonyl (C=S) groups is 1. The maximum atomic E-state index is 11.6. The molecule has 1 aromatic carbocycles. The summed E-state index contributed by atoms with van der Waals surface area (Å²) in [5.41, 5.74) is 4.27. The zero-order valence-electron chi connectivity index (χ0n) is 16.9.